The number of benzene rings is 1. The highest BCUT2D eigenvalue weighted by Crippen LogP contribution is 2.36. The van der Waals surface area contributed by atoms with Crippen LogP contribution in [0.1, 0.15) is 39.5 Å². The number of aromatic nitrogens is 2. The Balaban J connectivity index is 1.66. The third kappa shape index (κ3) is 5.98. The molecule has 3 aromatic rings. The predicted octanol–water partition coefficient (Wildman–Crippen LogP) is 4.38. The summed E-state index contributed by atoms with van der Waals surface area (Å²) in [6.07, 6.45) is 5.30. The summed E-state index contributed by atoms with van der Waals surface area (Å²) < 4.78 is 19.5. The smallest absolute Gasteiger partial charge is 0.308 e. The highest BCUT2D eigenvalue weighted by atomic mass is 35.5. The maximum atomic E-state index is 14.1. The maximum Gasteiger partial charge on any atom is 0.308 e. The molecule has 35 heavy (non-hydrogen) atoms. The molecular formula is C25H29ClFN5O3. The van der Waals surface area contributed by atoms with Gasteiger partial charge in [0.2, 0.25) is 0 Å². The lowest BCUT2D eigenvalue weighted by Crippen LogP contribution is -2.41. The van der Waals surface area contributed by atoms with E-state index in [0.717, 1.165) is 32.2 Å². The fourth-order valence-electron chi connectivity index (χ4n) is 4.29. The van der Waals surface area contributed by atoms with Crippen LogP contribution in [-0.4, -0.2) is 45.7 Å². The maximum absolute atomic E-state index is 14.1. The molecule has 4 rings (SSSR count). The minimum Gasteiger partial charge on any atom is -0.504 e. The summed E-state index contributed by atoms with van der Waals surface area (Å²) in [5, 5.41) is 16.6. The number of nitrogens with two attached hydrogens (primary N) is 1. The minimum absolute atomic E-state index is 0.109. The molecule has 0 spiro atoms. The van der Waals surface area contributed by atoms with Gasteiger partial charge in [0, 0.05) is 37.2 Å². The van der Waals surface area contributed by atoms with Crippen LogP contribution in [0.2, 0.25) is 5.02 Å². The Morgan fingerprint density at radius 2 is 2.00 bits per heavy atom. The first-order valence-electron chi connectivity index (χ1n) is 11.6. The molecule has 8 nitrogen and oxygen atoms in total. The number of aromatic hydroxyl groups is 1. The molecule has 10 heteroatoms. The minimum atomic E-state index is -0.839. The van der Waals surface area contributed by atoms with E-state index < -0.39 is 17.5 Å². The van der Waals surface area contributed by atoms with E-state index in [1.807, 2.05) is 6.92 Å². The Morgan fingerprint density at radius 3 is 2.66 bits per heavy atom. The number of fused-ring (bicyclic) bond motifs is 1. The molecule has 1 aliphatic carbocycles. The molecule has 1 saturated carbocycles. The lowest BCUT2D eigenvalue weighted by atomic mass is 9.91. The monoisotopic (exact) mass is 501 g/mol. The number of pyridine rings is 2. The Morgan fingerprint density at radius 1 is 1.29 bits per heavy atom. The first kappa shape index (κ1) is 25.1. The molecule has 1 fully saturated rings. The first-order chi connectivity index (χ1) is 16.7. The number of nitrogens with one attached hydrogen (secondary N) is 2. The number of ether oxygens (including phenoxy) is 1. The number of phenols is 1. The zero-order chi connectivity index (χ0) is 25.1. The topological polar surface area (TPSA) is 122 Å². The van der Waals surface area contributed by atoms with E-state index in [4.69, 9.17) is 27.1 Å². The van der Waals surface area contributed by atoms with Crippen LogP contribution in [0.15, 0.2) is 30.5 Å². The van der Waals surface area contributed by atoms with Crippen molar-refractivity contribution in [2.75, 3.05) is 11.9 Å². The van der Waals surface area contributed by atoms with E-state index in [1.54, 1.807) is 12.1 Å². The summed E-state index contributed by atoms with van der Waals surface area (Å²) in [6, 6.07) is 6.74. The summed E-state index contributed by atoms with van der Waals surface area (Å²) in [6.45, 7) is 4.09. The number of rotatable bonds is 7. The average Bonchev–Trinajstić information content (AvgIpc) is 2.82. The summed E-state index contributed by atoms with van der Waals surface area (Å²) in [5.41, 5.74) is 8.33. The second-order valence-electron chi connectivity index (χ2n) is 9.02. The normalized spacial score (nSPS) is 18.9. The van der Waals surface area contributed by atoms with Gasteiger partial charge in [-0.2, -0.15) is 0 Å². The highest BCUT2D eigenvalue weighted by Gasteiger charge is 2.24. The molecule has 2 heterocycles. The van der Waals surface area contributed by atoms with E-state index in [1.165, 1.54) is 25.3 Å². The number of nitrogens with zero attached hydrogens (tertiary/aromatic N) is 2. The zero-order valence-corrected chi connectivity index (χ0v) is 20.4. The molecule has 0 aliphatic heterocycles. The van der Waals surface area contributed by atoms with Crippen LogP contribution in [0.3, 0.4) is 0 Å². The summed E-state index contributed by atoms with van der Waals surface area (Å²) in [7, 11) is 0. The van der Waals surface area contributed by atoms with Gasteiger partial charge in [0.15, 0.2) is 17.3 Å². The van der Waals surface area contributed by atoms with Crippen LogP contribution in [-0.2, 0) is 4.79 Å². The Hall–Kier alpha value is -3.01. The van der Waals surface area contributed by atoms with Crippen molar-refractivity contribution in [3.05, 3.63) is 41.3 Å². The number of carbonyl (C=O) groups is 1. The fraction of sp³-hybridized carbons (Fsp3) is 0.400. The number of carbonyl (C=O) groups excluding carboxylic acids is 1. The van der Waals surface area contributed by atoms with Crippen molar-refractivity contribution in [3.63, 3.8) is 0 Å². The van der Waals surface area contributed by atoms with Gasteiger partial charge in [0.1, 0.15) is 11.2 Å². The van der Waals surface area contributed by atoms with Crippen molar-refractivity contribution < 1.29 is 19.0 Å². The first-order valence-corrected chi connectivity index (χ1v) is 12.0. The Kier molecular flexibility index (Phi) is 7.69. The van der Waals surface area contributed by atoms with E-state index >= 15 is 0 Å². The van der Waals surface area contributed by atoms with E-state index in [-0.39, 0.29) is 22.9 Å². The molecule has 186 valence electrons. The van der Waals surface area contributed by atoms with Gasteiger partial charge in [0.25, 0.3) is 0 Å². The molecule has 1 unspecified atom stereocenters. The van der Waals surface area contributed by atoms with Gasteiger partial charge in [-0.05, 0) is 56.9 Å². The van der Waals surface area contributed by atoms with Crippen molar-refractivity contribution in [3.8, 4) is 22.8 Å². The predicted molar refractivity (Wildman–Crippen MR) is 134 cm³/mol. The van der Waals surface area contributed by atoms with Crippen LogP contribution in [0.4, 0.5) is 10.1 Å². The van der Waals surface area contributed by atoms with Crippen LogP contribution >= 0.6 is 11.6 Å². The average molecular weight is 502 g/mol. The Bertz CT molecular complexity index is 1210. The number of hydrogen-bond donors (Lipinski definition) is 4. The quantitative estimate of drug-likeness (QED) is 0.352. The second-order valence-corrected chi connectivity index (χ2v) is 9.43. The SMILES string of the molecule is CC(=O)Oc1cnc2ccc(-c3cc(F)c(O)c(Cl)c3)nc2c1NC1CCC(NCC(C)N)CC1. The second kappa shape index (κ2) is 10.7. The standard InChI is InChI=1S/C25H29ClFN5O3/c1-13(28)11-29-16-3-5-17(6-4-16)31-24-22(35-14(2)33)12-30-21-8-7-20(32-23(21)24)15-9-18(26)25(34)19(27)10-15/h7-10,12-13,16-17,29,34H,3-6,11,28H2,1-2H3,(H,30,31). The molecule has 1 aliphatic rings. The molecule has 0 saturated heterocycles. The van der Waals surface area contributed by atoms with Gasteiger partial charge >= 0.3 is 5.97 Å². The molecule has 0 amide bonds. The summed E-state index contributed by atoms with van der Waals surface area (Å²) in [5.74, 6) is -1.64. The van der Waals surface area contributed by atoms with Gasteiger partial charge in [-0.3, -0.25) is 9.78 Å². The van der Waals surface area contributed by atoms with Gasteiger partial charge in [-0.25, -0.2) is 9.37 Å². The fourth-order valence-corrected chi connectivity index (χ4v) is 4.50. The lowest BCUT2D eigenvalue weighted by molar-refractivity contribution is -0.131. The molecule has 0 radical (unpaired) electrons. The van der Waals surface area contributed by atoms with E-state index in [9.17, 15) is 14.3 Å². The van der Waals surface area contributed by atoms with Crippen molar-refractivity contribution >= 4 is 34.3 Å². The largest absolute Gasteiger partial charge is 0.504 e. The number of phenolic OH excluding ortho intramolecular Hbond substituents is 1. The van der Waals surface area contributed by atoms with E-state index in [2.05, 4.69) is 15.6 Å². The summed E-state index contributed by atoms with van der Waals surface area (Å²) in [4.78, 5) is 20.9. The van der Waals surface area contributed by atoms with Gasteiger partial charge in [-0.15, -0.1) is 0 Å². The molecule has 0 bridgehead atoms. The van der Waals surface area contributed by atoms with E-state index in [0.29, 0.717) is 34.0 Å². The highest BCUT2D eigenvalue weighted by molar-refractivity contribution is 6.32. The van der Waals surface area contributed by atoms with Gasteiger partial charge in [0.05, 0.1) is 22.4 Å². The number of halogens is 2. The number of anilines is 1. The lowest BCUT2D eigenvalue weighted by Gasteiger charge is -2.31. The Labute approximate surface area is 208 Å². The van der Waals surface area contributed by atoms with Crippen LogP contribution < -0.4 is 21.1 Å². The van der Waals surface area contributed by atoms with Crippen molar-refractivity contribution in [2.45, 2.75) is 57.7 Å². The van der Waals surface area contributed by atoms with Crippen LogP contribution in [0.25, 0.3) is 22.3 Å². The van der Waals surface area contributed by atoms with Crippen molar-refractivity contribution in [1.82, 2.24) is 15.3 Å². The van der Waals surface area contributed by atoms with Crippen molar-refractivity contribution in [2.24, 2.45) is 5.73 Å². The zero-order valence-electron chi connectivity index (χ0n) is 19.6. The molecule has 2 aromatic heterocycles. The molecule has 5 N–H and O–H groups in total. The molecule has 1 atom stereocenters. The van der Waals surface area contributed by atoms with Gasteiger partial charge < -0.3 is 26.2 Å². The van der Waals surface area contributed by atoms with Gasteiger partial charge in [-0.1, -0.05) is 11.6 Å². The van der Waals surface area contributed by atoms with Crippen LogP contribution in [0, 0.1) is 5.82 Å². The van der Waals surface area contributed by atoms with Crippen LogP contribution in [0.5, 0.6) is 11.5 Å². The number of esters is 1. The molecule has 1 aromatic carbocycles. The summed E-state index contributed by atoms with van der Waals surface area (Å²) >= 11 is 5.97. The third-order valence-corrected chi connectivity index (χ3v) is 6.34. The molecular weight excluding hydrogens is 473 g/mol. The number of hydrogen-bond acceptors (Lipinski definition) is 8. The van der Waals surface area contributed by atoms with Crippen molar-refractivity contribution in [1.29, 1.82) is 0 Å². The third-order valence-electron chi connectivity index (χ3n) is 6.05.